The van der Waals surface area contributed by atoms with Gasteiger partial charge in [0, 0.05) is 12.1 Å². The minimum absolute atomic E-state index is 0. The maximum Gasteiger partial charge on any atom is 0.255 e. The number of rotatable bonds is 9. The number of fused-ring (bicyclic) bond motifs is 1. The van der Waals surface area contributed by atoms with Crippen molar-refractivity contribution >= 4 is 29.1 Å². The number of ether oxygens (including phenoxy) is 2. The molecule has 0 aliphatic carbocycles. The highest BCUT2D eigenvalue weighted by Gasteiger charge is 2.10. The van der Waals surface area contributed by atoms with Crippen LogP contribution >= 0.6 is 12.4 Å². The van der Waals surface area contributed by atoms with Crippen LogP contribution in [0.1, 0.15) is 11.1 Å². The van der Waals surface area contributed by atoms with E-state index in [1.807, 2.05) is 36.4 Å². The van der Waals surface area contributed by atoms with Crippen LogP contribution in [0.15, 0.2) is 60.7 Å². The molecule has 28 heavy (non-hydrogen) atoms. The van der Waals surface area contributed by atoms with E-state index in [0.717, 1.165) is 35.1 Å². The Labute approximate surface area is 171 Å². The van der Waals surface area contributed by atoms with Gasteiger partial charge in [-0.05, 0) is 47.5 Å². The molecular formula is C22H25ClN2O3. The Morgan fingerprint density at radius 3 is 2.50 bits per heavy atom. The Morgan fingerprint density at radius 1 is 1.04 bits per heavy atom. The number of hydrogen-bond donors (Lipinski definition) is 2. The van der Waals surface area contributed by atoms with Crippen molar-refractivity contribution in [3.63, 3.8) is 0 Å². The highest BCUT2D eigenvalue weighted by Crippen LogP contribution is 2.28. The molecule has 0 heterocycles. The average molecular weight is 401 g/mol. The molecular weight excluding hydrogens is 376 g/mol. The maximum absolute atomic E-state index is 11.1. The zero-order valence-electron chi connectivity index (χ0n) is 15.8. The summed E-state index contributed by atoms with van der Waals surface area (Å²) in [5.41, 5.74) is 7.49. The highest BCUT2D eigenvalue weighted by atomic mass is 35.5. The van der Waals surface area contributed by atoms with Crippen LogP contribution < -0.4 is 20.5 Å². The van der Waals surface area contributed by atoms with Gasteiger partial charge in [-0.2, -0.15) is 0 Å². The fourth-order valence-corrected chi connectivity index (χ4v) is 3.02. The van der Waals surface area contributed by atoms with Crippen molar-refractivity contribution in [3.8, 4) is 11.5 Å². The van der Waals surface area contributed by atoms with Crippen molar-refractivity contribution in [1.29, 1.82) is 0 Å². The van der Waals surface area contributed by atoms with Crippen LogP contribution in [0.5, 0.6) is 11.5 Å². The van der Waals surface area contributed by atoms with Crippen molar-refractivity contribution in [2.24, 2.45) is 5.73 Å². The van der Waals surface area contributed by atoms with Crippen molar-refractivity contribution in [1.82, 2.24) is 5.32 Å². The first-order valence-corrected chi connectivity index (χ1v) is 8.93. The van der Waals surface area contributed by atoms with Crippen LogP contribution in [-0.2, 0) is 17.8 Å². The number of benzene rings is 3. The van der Waals surface area contributed by atoms with Gasteiger partial charge in [0.2, 0.25) is 0 Å². The lowest BCUT2D eigenvalue weighted by atomic mass is 10.0. The third-order valence-corrected chi connectivity index (χ3v) is 4.42. The Hall–Kier alpha value is -2.76. The Morgan fingerprint density at radius 2 is 1.79 bits per heavy atom. The first kappa shape index (κ1) is 21.5. The van der Waals surface area contributed by atoms with Gasteiger partial charge in [0.25, 0.3) is 5.91 Å². The predicted molar refractivity (Wildman–Crippen MR) is 114 cm³/mol. The molecule has 0 unspecified atom stereocenters. The first-order chi connectivity index (χ1) is 13.2. The lowest BCUT2D eigenvalue weighted by Crippen LogP contribution is -2.22. The summed E-state index contributed by atoms with van der Waals surface area (Å²) in [6, 6.07) is 20.1. The van der Waals surface area contributed by atoms with Gasteiger partial charge in [-0.1, -0.05) is 42.5 Å². The minimum atomic E-state index is -0.485. The molecule has 0 atom stereocenters. The van der Waals surface area contributed by atoms with Gasteiger partial charge < -0.3 is 20.5 Å². The van der Waals surface area contributed by atoms with E-state index in [4.69, 9.17) is 15.2 Å². The van der Waals surface area contributed by atoms with Gasteiger partial charge in [-0.25, -0.2) is 0 Å². The molecule has 0 aliphatic heterocycles. The maximum atomic E-state index is 11.1. The van der Waals surface area contributed by atoms with Gasteiger partial charge >= 0.3 is 0 Å². The second-order valence-corrected chi connectivity index (χ2v) is 6.29. The smallest absolute Gasteiger partial charge is 0.255 e. The molecule has 0 aliphatic rings. The molecule has 3 N–H and O–H groups in total. The number of primary amides is 1. The van der Waals surface area contributed by atoms with Crippen molar-refractivity contribution in [3.05, 3.63) is 71.8 Å². The number of nitrogens with two attached hydrogens (primary N) is 1. The van der Waals surface area contributed by atoms with Crippen molar-refractivity contribution in [2.75, 3.05) is 20.3 Å². The summed E-state index contributed by atoms with van der Waals surface area (Å²) < 4.78 is 10.8. The summed E-state index contributed by atoms with van der Waals surface area (Å²) in [6.07, 6.45) is 0.909. The summed E-state index contributed by atoms with van der Waals surface area (Å²) >= 11 is 0. The quantitative estimate of drug-likeness (QED) is 0.539. The monoisotopic (exact) mass is 400 g/mol. The molecule has 5 nitrogen and oxygen atoms in total. The van der Waals surface area contributed by atoms with Crippen LogP contribution in [0.25, 0.3) is 10.8 Å². The van der Waals surface area contributed by atoms with Crippen LogP contribution in [0.2, 0.25) is 0 Å². The van der Waals surface area contributed by atoms with Crippen LogP contribution in [-0.4, -0.2) is 26.2 Å². The Bertz CT molecular complexity index is 913. The second-order valence-electron chi connectivity index (χ2n) is 6.29. The van der Waals surface area contributed by atoms with Crippen LogP contribution in [0.3, 0.4) is 0 Å². The summed E-state index contributed by atoms with van der Waals surface area (Å²) in [7, 11) is 1.67. The first-order valence-electron chi connectivity index (χ1n) is 8.93. The van der Waals surface area contributed by atoms with Gasteiger partial charge in [0.1, 0.15) is 11.5 Å². The fraction of sp³-hybridized carbons (Fsp3) is 0.227. The topological polar surface area (TPSA) is 73.6 Å². The van der Waals surface area contributed by atoms with E-state index in [-0.39, 0.29) is 19.0 Å². The number of hydrogen-bond acceptors (Lipinski definition) is 4. The molecule has 0 spiro atoms. The molecule has 0 aromatic heterocycles. The molecule has 6 heteroatoms. The largest absolute Gasteiger partial charge is 0.497 e. The van der Waals surface area contributed by atoms with Gasteiger partial charge in [-0.3, -0.25) is 4.79 Å². The Balaban J connectivity index is 0.00000280. The molecule has 0 saturated heterocycles. The lowest BCUT2D eigenvalue weighted by molar-refractivity contribution is -0.119. The van der Waals surface area contributed by atoms with E-state index in [0.29, 0.717) is 12.3 Å². The fourth-order valence-electron chi connectivity index (χ4n) is 3.02. The molecule has 0 bridgehead atoms. The van der Waals surface area contributed by atoms with Gasteiger partial charge in [-0.15, -0.1) is 12.4 Å². The standard InChI is InChI=1S/C22H24N2O3.ClH/c1-26-18-9-6-16(7-10-18)12-13-24-14-20-19-5-3-2-4-17(19)8-11-21(20)27-15-22(23)25;/h2-11,24H,12-15H2,1H3,(H2,23,25);1H. The zero-order chi connectivity index (χ0) is 19.1. The van der Waals surface area contributed by atoms with Crippen molar-refractivity contribution < 1.29 is 14.3 Å². The lowest BCUT2D eigenvalue weighted by Gasteiger charge is -2.14. The van der Waals surface area contributed by atoms with E-state index in [2.05, 4.69) is 29.6 Å². The van der Waals surface area contributed by atoms with Crippen LogP contribution in [0.4, 0.5) is 0 Å². The van der Waals surface area contributed by atoms with E-state index in [1.165, 1.54) is 5.56 Å². The summed E-state index contributed by atoms with van der Waals surface area (Å²) in [6.45, 7) is 1.34. The van der Waals surface area contributed by atoms with E-state index < -0.39 is 5.91 Å². The van der Waals surface area contributed by atoms with Gasteiger partial charge in [0.15, 0.2) is 6.61 Å². The second kappa shape index (κ2) is 10.5. The minimum Gasteiger partial charge on any atom is -0.497 e. The SMILES string of the molecule is COc1ccc(CCNCc2c(OCC(N)=O)ccc3ccccc23)cc1.Cl. The molecule has 1 amide bonds. The van der Waals surface area contributed by atoms with E-state index in [1.54, 1.807) is 7.11 Å². The van der Waals surface area contributed by atoms with Crippen LogP contribution in [0, 0.1) is 0 Å². The number of methoxy groups -OCH3 is 1. The average Bonchev–Trinajstić information content (AvgIpc) is 2.70. The van der Waals surface area contributed by atoms with E-state index >= 15 is 0 Å². The third-order valence-electron chi connectivity index (χ3n) is 4.42. The van der Waals surface area contributed by atoms with Crippen molar-refractivity contribution in [2.45, 2.75) is 13.0 Å². The molecule has 3 aromatic carbocycles. The molecule has 0 fully saturated rings. The zero-order valence-corrected chi connectivity index (χ0v) is 16.6. The predicted octanol–water partition coefficient (Wildman–Crippen LogP) is 3.47. The summed E-state index contributed by atoms with van der Waals surface area (Å²) in [5, 5.41) is 5.71. The molecule has 0 radical (unpaired) electrons. The number of halogens is 1. The highest BCUT2D eigenvalue weighted by molar-refractivity contribution is 5.88. The molecule has 148 valence electrons. The summed E-state index contributed by atoms with van der Waals surface area (Å²) in [4.78, 5) is 11.1. The third kappa shape index (κ3) is 5.62. The van der Waals surface area contributed by atoms with E-state index in [9.17, 15) is 4.79 Å². The molecule has 3 rings (SSSR count). The Kier molecular flexibility index (Phi) is 8.11. The van der Waals surface area contributed by atoms with Gasteiger partial charge in [0.05, 0.1) is 7.11 Å². The summed E-state index contributed by atoms with van der Waals surface area (Å²) in [5.74, 6) is 1.06. The normalized spacial score (nSPS) is 10.3. The molecule has 3 aromatic rings. The number of nitrogens with one attached hydrogen (secondary N) is 1. The number of carbonyl (C=O) groups is 1. The molecule has 0 saturated carbocycles. The number of carbonyl (C=O) groups excluding carboxylic acids is 1. The number of amides is 1.